The zero-order chi connectivity index (χ0) is 10.5. The van der Waals surface area contributed by atoms with Gasteiger partial charge in [0.15, 0.2) is 0 Å². The Balaban J connectivity index is 1.64. The number of rotatable bonds is 5. The van der Waals surface area contributed by atoms with Crippen LogP contribution in [0.4, 0.5) is 0 Å². The summed E-state index contributed by atoms with van der Waals surface area (Å²) in [4.78, 5) is 0. The van der Waals surface area contributed by atoms with Crippen LogP contribution in [-0.2, 0) is 4.74 Å². The second-order valence-electron chi connectivity index (χ2n) is 3.34. The van der Waals surface area contributed by atoms with E-state index in [4.69, 9.17) is 9.47 Å². The van der Waals surface area contributed by atoms with Gasteiger partial charge in [-0.15, -0.1) is 0 Å². The molecule has 0 aliphatic carbocycles. The summed E-state index contributed by atoms with van der Waals surface area (Å²) in [6, 6.07) is 7.93. The molecule has 0 spiro atoms. The molecule has 0 unspecified atom stereocenters. The topological polar surface area (TPSA) is 18.5 Å². The minimum Gasteiger partial charge on any atom is -0.493 e. The Morgan fingerprint density at radius 3 is 3.00 bits per heavy atom. The van der Waals surface area contributed by atoms with Crippen LogP contribution in [0.3, 0.4) is 0 Å². The summed E-state index contributed by atoms with van der Waals surface area (Å²) >= 11 is 5.34. The summed E-state index contributed by atoms with van der Waals surface area (Å²) < 4.78 is 11.8. The van der Waals surface area contributed by atoms with E-state index in [2.05, 4.69) is 15.9 Å². The van der Waals surface area contributed by atoms with E-state index < -0.39 is 0 Å². The molecule has 2 nitrogen and oxygen atoms in total. The second kappa shape index (κ2) is 5.77. The first-order chi connectivity index (χ1) is 7.34. The average Bonchev–Trinajstić information content (AvgIpc) is 2.15. The molecule has 0 radical (unpaired) electrons. The third-order valence-electron chi connectivity index (χ3n) is 2.11. The number of thioether (sulfide) groups is 1. The van der Waals surface area contributed by atoms with Gasteiger partial charge in [0, 0.05) is 10.2 Å². The van der Waals surface area contributed by atoms with E-state index >= 15 is 0 Å². The molecule has 0 atom stereocenters. The molecule has 1 aliphatic heterocycles. The van der Waals surface area contributed by atoms with Crippen molar-refractivity contribution >= 4 is 27.7 Å². The Labute approximate surface area is 102 Å². The fourth-order valence-corrected chi connectivity index (χ4v) is 2.52. The molecule has 1 aromatic rings. The molecule has 1 fully saturated rings. The van der Waals surface area contributed by atoms with Crippen LogP contribution in [-0.4, -0.2) is 30.8 Å². The van der Waals surface area contributed by atoms with E-state index in [0.717, 1.165) is 35.8 Å². The summed E-state index contributed by atoms with van der Waals surface area (Å²) in [5, 5.41) is 0.691. The molecule has 1 aromatic carbocycles. The van der Waals surface area contributed by atoms with Crippen molar-refractivity contribution in [2.24, 2.45) is 0 Å². The summed E-state index contributed by atoms with van der Waals surface area (Å²) in [6.07, 6.45) is 0. The van der Waals surface area contributed by atoms with E-state index in [1.165, 1.54) is 0 Å². The first kappa shape index (κ1) is 11.3. The summed E-state index contributed by atoms with van der Waals surface area (Å²) in [7, 11) is 0. The molecule has 1 heterocycles. The lowest BCUT2D eigenvalue weighted by Crippen LogP contribution is -2.31. The molecule has 0 bridgehead atoms. The maximum Gasteiger partial charge on any atom is 0.120 e. The van der Waals surface area contributed by atoms with E-state index in [1.807, 2.05) is 36.0 Å². The lowest BCUT2D eigenvalue weighted by molar-refractivity contribution is 0.0454. The average molecular weight is 289 g/mol. The Morgan fingerprint density at radius 2 is 2.33 bits per heavy atom. The van der Waals surface area contributed by atoms with Crippen molar-refractivity contribution < 1.29 is 9.47 Å². The van der Waals surface area contributed by atoms with Crippen LogP contribution in [0.25, 0.3) is 0 Å². The van der Waals surface area contributed by atoms with Crippen LogP contribution >= 0.6 is 27.7 Å². The predicted molar refractivity (Wildman–Crippen MR) is 66.7 cm³/mol. The number of hydrogen-bond donors (Lipinski definition) is 0. The van der Waals surface area contributed by atoms with Gasteiger partial charge >= 0.3 is 0 Å². The van der Waals surface area contributed by atoms with Gasteiger partial charge in [-0.25, -0.2) is 0 Å². The van der Waals surface area contributed by atoms with E-state index in [1.54, 1.807) is 0 Å². The Morgan fingerprint density at radius 1 is 1.47 bits per heavy atom. The van der Waals surface area contributed by atoms with Gasteiger partial charge in [-0.1, -0.05) is 22.0 Å². The minimum atomic E-state index is 0.691. The lowest BCUT2D eigenvalue weighted by Gasteiger charge is -2.25. The number of halogens is 1. The number of ether oxygens (including phenoxy) is 2. The summed E-state index contributed by atoms with van der Waals surface area (Å²) in [6.45, 7) is 2.57. The van der Waals surface area contributed by atoms with Crippen molar-refractivity contribution in [3.63, 3.8) is 0 Å². The molecule has 0 saturated carbocycles. The fourth-order valence-electron chi connectivity index (χ4n) is 1.24. The standard InChI is InChI=1S/C11H13BrO2S/c12-9-2-1-3-10(6-9)14-4-5-15-11-7-13-8-11/h1-3,6,11H,4-5,7-8H2. The van der Waals surface area contributed by atoms with Gasteiger partial charge in [-0.3, -0.25) is 0 Å². The normalized spacial score (nSPS) is 16.1. The molecule has 2 rings (SSSR count). The van der Waals surface area contributed by atoms with Gasteiger partial charge in [0.05, 0.1) is 25.1 Å². The minimum absolute atomic E-state index is 0.691. The molecular formula is C11H13BrO2S. The van der Waals surface area contributed by atoms with Gasteiger partial charge in [0.2, 0.25) is 0 Å². The van der Waals surface area contributed by atoms with E-state index in [-0.39, 0.29) is 0 Å². The summed E-state index contributed by atoms with van der Waals surface area (Å²) in [5.41, 5.74) is 0. The maximum absolute atomic E-state index is 5.61. The SMILES string of the molecule is Brc1cccc(OCCSC2COC2)c1. The number of benzene rings is 1. The first-order valence-corrected chi connectivity index (χ1v) is 6.76. The van der Waals surface area contributed by atoms with Crippen molar-refractivity contribution in [3.05, 3.63) is 28.7 Å². The van der Waals surface area contributed by atoms with Crippen LogP contribution in [0, 0.1) is 0 Å². The molecule has 1 saturated heterocycles. The first-order valence-electron chi connectivity index (χ1n) is 4.92. The highest BCUT2D eigenvalue weighted by Crippen LogP contribution is 2.20. The maximum atomic E-state index is 5.61. The molecule has 0 amide bonds. The van der Waals surface area contributed by atoms with Crippen molar-refractivity contribution in [1.82, 2.24) is 0 Å². The Kier molecular flexibility index (Phi) is 4.35. The number of hydrogen-bond acceptors (Lipinski definition) is 3. The van der Waals surface area contributed by atoms with Crippen LogP contribution < -0.4 is 4.74 Å². The van der Waals surface area contributed by atoms with E-state index in [9.17, 15) is 0 Å². The van der Waals surface area contributed by atoms with Gasteiger partial charge in [0.25, 0.3) is 0 Å². The predicted octanol–water partition coefficient (Wildman–Crippen LogP) is 2.96. The molecule has 1 aliphatic rings. The summed E-state index contributed by atoms with van der Waals surface area (Å²) in [5.74, 6) is 1.95. The zero-order valence-electron chi connectivity index (χ0n) is 8.32. The lowest BCUT2D eigenvalue weighted by atomic mass is 10.3. The largest absolute Gasteiger partial charge is 0.493 e. The quantitative estimate of drug-likeness (QED) is 0.776. The van der Waals surface area contributed by atoms with Crippen LogP contribution in [0.1, 0.15) is 0 Å². The van der Waals surface area contributed by atoms with Crippen LogP contribution in [0.2, 0.25) is 0 Å². The van der Waals surface area contributed by atoms with Crippen molar-refractivity contribution in [1.29, 1.82) is 0 Å². The molecule has 0 N–H and O–H groups in total. The van der Waals surface area contributed by atoms with Crippen LogP contribution in [0.5, 0.6) is 5.75 Å². The molecule has 4 heteroatoms. The highest BCUT2D eigenvalue weighted by atomic mass is 79.9. The molecule has 15 heavy (non-hydrogen) atoms. The third kappa shape index (κ3) is 3.70. The molecular weight excluding hydrogens is 276 g/mol. The highest BCUT2D eigenvalue weighted by Gasteiger charge is 2.17. The second-order valence-corrected chi connectivity index (χ2v) is 5.66. The Bertz CT molecular complexity index is 315. The zero-order valence-corrected chi connectivity index (χ0v) is 10.7. The molecule has 0 aromatic heterocycles. The van der Waals surface area contributed by atoms with Gasteiger partial charge in [0.1, 0.15) is 5.75 Å². The highest BCUT2D eigenvalue weighted by molar-refractivity contribution is 9.10. The monoisotopic (exact) mass is 288 g/mol. The van der Waals surface area contributed by atoms with Crippen LogP contribution in [0.15, 0.2) is 28.7 Å². The smallest absolute Gasteiger partial charge is 0.120 e. The van der Waals surface area contributed by atoms with Crippen molar-refractivity contribution in [3.8, 4) is 5.75 Å². The van der Waals surface area contributed by atoms with Gasteiger partial charge in [-0.05, 0) is 18.2 Å². The Hall–Kier alpha value is -0.190. The third-order valence-corrected chi connectivity index (χ3v) is 3.75. The molecule has 82 valence electrons. The van der Waals surface area contributed by atoms with Gasteiger partial charge in [-0.2, -0.15) is 11.8 Å². The van der Waals surface area contributed by atoms with Crippen molar-refractivity contribution in [2.75, 3.05) is 25.6 Å². The van der Waals surface area contributed by atoms with E-state index in [0.29, 0.717) is 5.25 Å². The van der Waals surface area contributed by atoms with Crippen molar-refractivity contribution in [2.45, 2.75) is 5.25 Å². The van der Waals surface area contributed by atoms with Gasteiger partial charge < -0.3 is 9.47 Å². The fraction of sp³-hybridized carbons (Fsp3) is 0.455.